The standard InChI is InChI=1S/C8H12F2N4O3/c1-13-7(16)6(12-14(2)8(13)17)11-3-4(15)5(9)10/h4-5,15H,3H2,1-2H3,(H,11,12). The van der Waals surface area contributed by atoms with E-state index in [0.717, 1.165) is 9.25 Å². The van der Waals surface area contributed by atoms with Gasteiger partial charge in [-0.15, -0.1) is 5.10 Å². The van der Waals surface area contributed by atoms with Crippen molar-refractivity contribution in [2.75, 3.05) is 11.9 Å². The summed E-state index contributed by atoms with van der Waals surface area (Å²) >= 11 is 0. The van der Waals surface area contributed by atoms with Gasteiger partial charge >= 0.3 is 5.69 Å². The third-order valence-corrected chi connectivity index (χ3v) is 2.09. The average molecular weight is 250 g/mol. The minimum absolute atomic E-state index is 0.269. The summed E-state index contributed by atoms with van der Waals surface area (Å²) in [7, 11) is 2.55. The van der Waals surface area contributed by atoms with E-state index in [9.17, 15) is 18.4 Å². The van der Waals surface area contributed by atoms with Gasteiger partial charge in [0.15, 0.2) is 0 Å². The predicted molar refractivity (Wildman–Crippen MR) is 55.2 cm³/mol. The summed E-state index contributed by atoms with van der Waals surface area (Å²) in [5, 5.41) is 14.7. The van der Waals surface area contributed by atoms with E-state index in [4.69, 9.17) is 5.11 Å². The fourth-order valence-corrected chi connectivity index (χ4v) is 1.10. The maximum Gasteiger partial charge on any atom is 0.346 e. The van der Waals surface area contributed by atoms with E-state index in [1.807, 2.05) is 0 Å². The number of nitrogens with one attached hydrogen (secondary N) is 1. The van der Waals surface area contributed by atoms with Gasteiger partial charge in [-0.1, -0.05) is 0 Å². The molecule has 2 N–H and O–H groups in total. The van der Waals surface area contributed by atoms with Crippen molar-refractivity contribution in [3.05, 3.63) is 20.8 Å². The van der Waals surface area contributed by atoms with Crippen LogP contribution in [0.1, 0.15) is 0 Å². The summed E-state index contributed by atoms with van der Waals surface area (Å²) in [6, 6.07) is 0. The van der Waals surface area contributed by atoms with Crippen molar-refractivity contribution in [1.82, 2.24) is 14.3 Å². The van der Waals surface area contributed by atoms with E-state index in [1.54, 1.807) is 0 Å². The molecule has 17 heavy (non-hydrogen) atoms. The van der Waals surface area contributed by atoms with E-state index in [-0.39, 0.29) is 5.82 Å². The Bertz CT molecular complexity index is 510. The first kappa shape index (κ1) is 13.3. The number of halogens is 2. The molecule has 0 aromatic carbocycles. The van der Waals surface area contributed by atoms with Gasteiger partial charge in [-0.25, -0.2) is 18.3 Å². The first-order valence-corrected chi connectivity index (χ1v) is 4.69. The normalized spacial score (nSPS) is 12.8. The van der Waals surface area contributed by atoms with Gasteiger partial charge in [0.25, 0.3) is 12.0 Å². The number of rotatable bonds is 4. The summed E-state index contributed by atoms with van der Waals surface area (Å²) in [4.78, 5) is 22.7. The number of aliphatic hydroxyl groups is 1. The van der Waals surface area contributed by atoms with E-state index in [1.165, 1.54) is 14.1 Å². The topological polar surface area (TPSA) is 89.2 Å². The molecule has 96 valence electrons. The highest BCUT2D eigenvalue weighted by Gasteiger charge is 2.17. The molecule has 1 aromatic rings. The third-order valence-electron chi connectivity index (χ3n) is 2.09. The molecule has 1 atom stereocenters. The van der Waals surface area contributed by atoms with Crippen molar-refractivity contribution in [1.29, 1.82) is 0 Å². The maximum absolute atomic E-state index is 12.0. The Morgan fingerprint density at radius 1 is 1.41 bits per heavy atom. The van der Waals surface area contributed by atoms with Gasteiger partial charge in [0.2, 0.25) is 5.82 Å². The second-order valence-electron chi connectivity index (χ2n) is 3.40. The fraction of sp³-hybridized carbons (Fsp3) is 0.625. The summed E-state index contributed by atoms with van der Waals surface area (Å²) < 4.78 is 25.7. The number of anilines is 1. The lowest BCUT2D eigenvalue weighted by Crippen LogP contribution is -2.41. The Morgan fingerprint density at radius 3 is 2.53 bits per heavy atom. The van der Waals surface area contributed by atoms with Crippen LogP contribution in [0.3, 0.4) is 0 Å². The molecule has 1 rings (SSSR count). The molecule has 0 aliphatic carbocycles. The van der Waals surface area contributed by atoms with Gasteiger partial charge in [0.05, 0.1) is 0 Å². The van der Waals surface area contributed by atoms with Gasteiger partial charge in [-0.05, 0) is 0 Å². The Labute approximate surface area is 94.3 Å². The quantitative estimate of drug-likeness (QED) is 0.680. The van der Waals surface area contributed by atoms with E-state index in [0.29, 0.717) is 0 Å². The van der Waals surface area contributed by atoms with Crippen LogP contribution in [0.15, 0.2) is 9.59 Å². The van der Waals surface area contributed by atoms with Crippen molar-refractivity contribution >= 4 is 5.82 Å². The van der Waals surface area contributed by atoms with Gasteiger partial charge in [0.1, 0.15) is 6.10 Å². The van der Waals surface area contributed by atoms with Crippen LogP contribution >= 0.6 is 0 Å². The maximum atomic E-state index is 12.0. The van der Waals surface area contributed by atoms with Crippen LogP contribution in [0.25, 0.3) is 0 Å². The van der Waals surface area contributed by atoms with Crippen LogP contribution < -0.4 is 16.6 Å². The van der Waals surface area contributed by atoms with Crippen molar-refractivity contribution in [2.45, 2.75) is 12.5 Å². The SMILES string of the molecule is Cn1nc(NCC(O)C(F)F)c(=O)n(C)c1=O. The zero-order valence-corrected chi connectivity index (χ0v) is 9.22. The molecule has 0 saturated heterocycles. The molecule has 1 aromatic heterocycles. The lowest BCUT2D eigenvalue weighted by Gasteiger charge is -2.11. The molecule has 0 radical (unpaired) electrons. The van der Waals surface area contributed by atoms with E-state index >= 15 is 0 Å². The second-order valence-corrected chi connectivity index (χ2v) is 3.40. The molecule has 0 bridgehead atoms. The summed E-state index contributed by atoms with van der Waals surface area (Å²) in [5.74, 6) is -0.269. The number of nitrogens with zero attached hydrogens (tertiary/aromatic N) is 3. The molecule has 9 heteroatoms. The smallest absolute Gasteiger partial charge is 0.346 e. The molecule has 1 heterocycles. The summed E-state index contributed by atoms with van der Waals surface area (Å²) in [5.41, 5.74) is -1.37. The van der Waals surface area contributed by atoms with Crippen LogP contribution in [0.5, 0.6) is 0 Å². The Morgan fingerprint density at radius 2 is 2.00 bits per heavy atom. The van der Waals surface area contributed by atoms with Crippen molar-refractivity contribution in [3.8, 4) is 0 Å². The van der Waals surface area contributed by atoms with Gasteiger partial charge < -0.3 is 10.4 Å². The molecule has 0 amide bonds. The lowest BCUT2D eigenvalue weighted by molar-refractivity contribution is 0.00377. The van der Waals surface area contributed by atoms with Crippen molar-refractivity contribution in [3.63, 3.8) is 0 Å². The van der Waals surface area contributed by atoms with E-state index < -0.39 is 30.3 Å². The number of aliphatic hydroxyl groups excluding tert-OH is 1. The largest absolute Gasteiger partial charge is 0.385 e. The van der Waals surface area contributed by atoms with Crippen molar-refractivity contribution < 1.29 is 13.9 Å². The Hall–Kier alpha value is -1.77. The molecule has 0 aliphatic heterocycles. The van der Waals surface area contributed by atoms with Crippen LogP contribution in [0, 0.1) is 0 Å². The zero-order valence-electron chi connectivity index (χ0n) is 9.22. The molecule has 0 saturated carbocycles. The highest BCUT2D eigenvalue weighted by molar-refractivity contribution is 5.29. The number of aromatic nitrogens is 3. The molecule has 0 aliphatic rings. The average Bonchev–Trinajstić information content (AvgIpc) is 2.28. The number of hydrogen-bond acceptors (Lipinski definition) is 5. The highest BCUT2D eigenvalue weighted by atomic mass is 19.3. The van der Waals surface area contributed by atoms with E-state index in [2.05, 4.69) is 10.4 Å². The van der Waals surface area contributed by atoms with Crippen LogP contribution in [-0.4, -0.2) is 38.5 Å². The zero-order chi connectivity index (χ0) is 13.2. The first-order valence-electron chi connectivity index (χ1n) is 4.69. The molecule has 7 nitrogen and oxygen atoms in total. The first-order chi connectivity index (χ1) is 7.84. The molecular formula is C8H12F2N4O3. The molecule has 0 fully saturated rings. The molecular weight excluding hydrogens is 238 g/mol. The second kappa shape index (κ2) is 5.04. The van der Waals surface area contributed by atoms with Crippen LogP contribution in [0.4, 0.5) is 14.6 Å². The van der Waals surface area contributed by atoms with Crippen LogP contribution in [-0.2, 0) is 14.1 Å². The Balaban J connectivity index is 2.94. The van der Waals surface area contributed by atoms with Gasteiger partial charge in [-0.2, -0.15) is 0 Å². The van der Waals surface area contributed by atoms with Crippen molar-refractivity contribution in [2.24, 2.45) is 14.1 Å². The van der Waals surface area contributed by atoms with Gasteiger partial charge in [0, 0.05) is 20.6 Å². The molecule has 0 spiro atoms. The summed E-state index contributed by atoms with van der Waals surface area (Å²) in [6.45, 7) is -0.530. The number of alkyl halides is 2. The minimum atomic E-state index is -2.92. The van der Waals surface area contributed by atoms with Crippen LogP contribution in [0.2, 0.25) is 0 Å². The Kier molecular flexibility index (Phi) is 3.94. The highest BCUT2D eigenvalue weighted by Crippen LogP contribution is 2.00. The summed E-state index contributed by atoms with van der Waals surface area (Å²) in [6.07, 6.45) is -4.82. The molecule has 1 unspecified atom stereocenters. The predicted octanol–water partition coefficient (Wildman–Crippen LogP) is -1.48. The minimum Gasteiger partial charge on any atom is -0.385 e. The fourth-order valence-electron chi connectivity index (χ4n) is 1.10. The van der Waals surface area contributed by atoms with Gasteiger partial charge in [-0.3, -0.25) is 9.36 Å². The monoisotopic (exact) mass is 250 g/mol. The number of aryl methyl sites for hydroxylation is 1. The third kappa shape index (κ3) is 2.87. The number of hydrogen-bond donors (Lipinski definition) is 2. The lowest BCUT2D eigenvalue weighted by atomic mass is 10.4.